The van der Waals surface area contributed by atoms with E-state index in [4.69, 9.17) is 81.6 Å². The van der Waals surface area contributed by atoms with Crippen LogP contribution in [0.5, 0.6) is 0 Å². The van der Waals surface area contributed by atoms with Crippen molar-refractivity contribution in [2.24, 2.45) is 33.5 Å². The Bertz CT molecular complexity index is 3660. The lowest BCUT2D eigenvalue weighted by Crippen LogP contribution is -2.48. The van der Waals surface area contributed by atoms with E-state index in [9.17, 15) is 18.0 Å². The minimum atomic E-state index is -4.07. The highest BCUT2D eigenvalue weighted by Crippen LogP contribution is 2.25. The van der Waals surface area contributed by atoms with Gasteiger partial charge in [-0.1, -0.05) is 56.5 Å². The zero-order chi connectivity index (χ0) is 109. The molecule has 0 amide bonds. The number of halogens is 3. The average molecular weight is 1990 g/mol. The van der Waals surface area contributed by atoms with Gasteiger partial charge in [-0.05, 0) is 199 Å². The van der Waals surface area contributed by atoms with Gasteiger partial charge in [0.25, 0.3) is 0 Å². The molecule has 0 bridgehead atoms. The Hall–Kier alpha value is -10.3. The van der Waals surface area contributed by atoms with Gasteiger partial charge < -0.3 is 74.8 Å². The minimum Gasteiger partial charge on any atom is -0.481 e. The van der Waals surface area contributed by atoms with E-state index >= 15 is 0 Å². The molecule has 1 aliphatic carbocycles. The molecule has 0 radical (unpaired) electrons. The molecule has 1 aromatic rings. The maximum atomic E-state index is 11.6. The second kappa shape index (κ2) is 82.3. The number of hydrazone groups is 1. The van der Waals surface area contributed by atoms with Gasteiger partial charge in [0.05, 0.1) is 131 Å². The molecule has 0 aromatic heterocycles. The van der Waals surface area contributed by atoms with Gasteiger partial charge >= 0.3 is 12.1 Å². The van der Waals surface area contributed by atoms with E-state index in [1.54, 1.807) is 79.5 Å². The topological polar surface area (TPSA) is 461 Å². The predicted octanol–water partition coefficient (Wildman–Crippen LogP) is 15.0. The van der Waals surface area contributed by atoms with Crippen molar-refractivity contribution in [1.29, 1.82) is 64.9 Å². The third-order valence-corrected chi connectivity index (χ3v) is 23.8. The van der Waals surface area contributed by atoms with E-state index in [0.29, 0.717) is 84.3 Å². The first-order chi connectivity index (χ1) is 65.0. The fourth-order valence-corrected chi connectivity index (χ4v) is 12.6. The summed E-state index contributed by atoms with van der Waals surface area (Å²) in [6.07, 6.45) is 15.1. The van der Waals surface area contributed by atoms with Crippen molar-refractivity contribution in [3.05, 3.63) is 35.9 Å². The predicted molar refractivity (Wildman–Crippen MR) is 591 cm³/mol. The van der Waals surface area contributed by atoms with Gasteiger partial charge in [0.2, 0.25) is 11.7 Å². The molecule has 40 heteroatoms. The Morgan fingerprint density at radius 2 is 0.864 bits per heavy atom. The molecule has 812 valence electrons. The fraction of sp³-hybridized carbons (Fsp3) is 0.770. The number of hydrogen-bond donors (Lipinski definition) is 15. The lowest BCUT2D eigenvalue weighted by Gasteiger charge is -2.31. The number of nitrogens with zero attached hydrogens (tertiary/aromatic N) is 21. The van der Waals surface area contributed by atoms with Crippen molar-refractivity contribution in [1.82, 2.24) is 83.7 Å². The maximum Gasteiger partial charge on any atom is 0.389 e. The second-order valence-electron chi connectivity index (χ2n) is 37.1. The van der Waals surface area contributed by atoms with Crippen molar-refractivity contribution in [3.8, 4) is 0 Å². The zero-order valence-corrected chi connectivity index (χ0v) is 94.4. The lowest BCUT2D eigenvalue weighted by molar-refractivity contribution is -0.588. The molecular formula is C100H206F3N35O2+2. The molecule has 0 spiro atoms. The number of nitrogens with one attached hydrogen (secondary N) is 12. The first kappa shape index (κ1) is 140. The average Bonchev–Trinajstić information content (AvgIpc) is 1.10. The van der Waals surface area contributed by atoms with Gasteiger partial charge in [-0.15, -0.1) is 0 Å². The molecule has 8 fully saturated rings. The largest absolute Gasteiger partial charge is 0.481 e. The van der Waals surface area contributed by atoms with Crippen LogP contribution < -0.4 is 11.6 Å². The number of benzene rings is 1. The monoisotopic (exact) mass is 1990 g/mol. The first-order valence-electron chi connectivity index (χ1n) is 49.9. The highest BCUT2D eigenvalue weighted by atomic mass is 19.4. The Labute approximate surface area is 848 Å². The van der Waals surface area contributed by atoms with E-state index in [2.05, 4.69) is 100 Å². The first-order valence-corrected chi connectivity index (χ1v) is 49.9. The molecule has 0 atom stereocenters. The number of likely N-dealkylation sites (N-methyl/N-ethyl adjacent to an activating group) is 1. The van der Waals surface area contributed by atoms with Crippen LogP contribution in [0.1, 0.15) is 253 Å². The van der Waals surface area contributed by atoms with E-state index < -0.39 is 18.6 Å². The Morgan fingerprint density at radius 3 is 1.08 bits per heavy atom. The van der Waals surface area contributed by atoms with E-state index in [-0.39, 0.29) is 24.7 Å². The van der Waals surface area contributed by atoms with Gasteiger partial charge in [0.15, 0.2) is 0 Å². The van der Waals surface area contributed by atoms with Gasteiger partial charge in [0, 0.05) is 222 Å². The van der Waals surface area contributed by atoms with Crippen LogP contribution in [0.2, 0.25) is 0 Å². The molecule has 9 aliphatic rings. The summed E-state index contributed by atoms with van der Waals surface area (Å²) in [4.78, 5) is 41.1. The van der Waals surface area contributed by atoms with Crippen LogP contribution in [0.4, 0.5) is 13.2 Å². The Balaban J connectivity index is -0.000000344. The Kier molecular flexibility index (Phi) is 82.6. The maximum absolute atomic E-state index is 11.6. The molecule has 37 nitrogen and oxygen atoms in total. The number of aliphatic imine (C=N–C) groups is 1. The molecular weight excluding hydrogens is 1780 g/mol. The normalized spacial score (nSPS) is 14.8. The van der Waals surface area contributed by atoms with Gasteiger partial charge in [0.1, 0.15) is 17.5 Å². The Morgan fingerprint density at radius 1 is 0.486 bits per heavy atom. The van der Waals surface area contributed by atoms with Crippen LogP contribution >= 0.6 is 0 Å². The molecule has 1 aromatic carbocycles. The number of carboxylic acid groups (broad SMARTS) is 1. The van der Waals surface area contributed by atoms with Gasteiger partial charge in [-0.3, -0.25) is 98.7 Å². The fourth-order valence-electron chi connectivity index (χ4n) is 12.6. The molecule has 7 saturated heterocycles. The number of piperidine rings is 2. The number of aliphatic carboxylic acids is 1. The van der Waals surface area contributed by atoms with Crippen molar-refractivity contribution in [3.63, 3.8) is 0 Å². The summed E-state index contributed by atoms with van der Waals surface area (Å²) < 4.78 is 39.5. The number of hydrogen-bond acceptors (Lipinski definition) is 19. The van der Waals surface area contributed by atoms with Crippen LogP contribution in [-0.4, -0.2) is 447 Å². The van der Waals surface area contributed by atoms with Crippen molar-refractivity contribution >= 4 is 99.3 Å². The molecule has 8 aliphatic heterocycles. The van der Waals surface area contributed by atoms with Crippen LogP contribution in [0.3, 0.4) is 0 Å². The lowest BCUT2D eigenvalue weighted by atomic mass is 9.89. The third-order valence-electron chi connectivity index (χ3n) is 23.8. The summed E-state index contributed by atoms with van der Waals surface area (Å²) in [6, 6.07) is 10.2. The van der Waals surface area contributed by atoms with E-state index in [1.807, 2.05) is 181 Å². The number of rotatable bonds is 14. The summed E-state index contributed by atoms with van der Waals surface area (Å²) in [5.74, 6) is 16.8. The molecule has 17 N–H and O–H groups in total. The summed E-state index contributed by atoms with van der Waals surface area (Å²) in [6.45, 7) is 58.5. The summed E-state index contributed by atoms with van der Waals surface area (Å²) >= 11 is 0. The summed E-state index contributed by atoms with van der Waals surface area (Å²) in [7, 11) is 28.5. The van der Waals surface area contributed by atoms with E-state index in [0.717, 1.165) is 122 Å². The molecule has 10 rings (SSSR count). The number of carbonyl (C=O) groups is 1. The number of alkyl halides is 3. The third kappa shape index (κ3) is 80.4. The number of nitrogens with two attached hydrogens (primary N) is 2. The van der Waals surface area contributed by atoms with Crippen LogP contribution in [-0.2, 0) is 11.3 Å². The molecule has 1 saturated carbocycles. The quantitative estimate of drug-likeness (QED) is 0.0205. The number of hydrazine groups is 2. The van der Waals surface area contributed by atoms with E-state index in [1.165, 1.54) is 143 Å². The standard InChI is InChI=1S/C10H20N2.C10H14N2.C8H14N2O2.C8H15N2.C7H13F3N2.C7H14N2.2C6H12N2.C6H15N2.C6H14N2.C5H13N3.C5H10N2.C5H12N2.C4H11N3.C4H8N2.C3H9N3/c2*1-9(11)12(2)8-10-6-4-3-5-7-10;1-6(9)10-4-2-7(3-5-10)8(11)12;1-8(9-4-2-5-9)10-6-3-7-10;1-6(11)12(2)5-3-4-7(8,9)10;1-7(8)9-5-3-2-4-6-9;1-6(7)8-4-2-3-5-8;1-3-8-5-4-7-6(8)2;1-6(7(2)3)8(4)5;1-4-5-8(3)6(2)7;1-5(6)8(4)7(2)3;1-5(6)7-3-2-4-7;1-4-7(3)5(2)6;1-4(5)6-7(2)3;1-4(5)6-2-3-6;1-3(4)6(2)5/h10-11H,3-8H2,1-2H3;3-7,11H,8H2,1-2H3;7,9H,2-5H2,1H3,(H,11,12);2-7H2,1H3;11H,3-5H2,1-2H3;8H,2-6H2,1H3;7H,2-5H2,1H3;3-5H2,1-2H3;1-5H3;7H,4-5H2,1-3H3;6H,1-4H3;6H,2-4H2,1H3;6H,4H2,1-3H3;1-3H3,(H2,5,6);5H,2-3H2,1H3;4H,5H2,1-2H3/q;;;+1;;;;;+1;;;;;;;. The number of likely N-dealkylation sites (tertiary alicyclic amines) is 5. The smallest absolute Gasteiger partial charge is 0.389 e. The van der Waals surface area contributed by atoms with Crippen LogP contribution in [0, 0.1) is 76.7 Å². The summed E-state index contributed by atoms with van der Waals surface area (Å²) in [5, 5.41) is 105. The van der Waals surface area contributed by atoms with Gasteiger partial charge in [-0.2, -0.15) is 18.3 Å². The molecule has 140 heavy (non-hydrogen) atoms. The number of amidine groups is 16. The van der Waals surface area contributed by atoms with Crippen molar-refractivity contribution in [2.75, 3.05) is 243 Å². The van der Waals surface area contributed by atoms with Crippen LogP contribution in [0.15, 0.2) is 40.4 Å². The second-order valence-corrected chi connectivity index (χ2v) is 37.1. The SMILES string of the molecule is CC(=N)N(C)CC1CCCCC1.CC(=N)N(C)CCCC(F)(F)F.CC(=N)N(C)Cc1ccccc1.CC(=N)N(C)N.CC(=N)N(C)N(C)C.CC(=N)N1CC1.CC(=N)N1CCC(C(=O)O)CC1.CC(=N)N1CCC1.CC(=N)N1CCCC1.CC(=N)N1CCCCC1.CC(N(C)C)=[N+](C)C.CC(N)=NN(C)C.CC(N1CCC1)=[N+]1CCC1.CCCN(C)C(C)=N.CCN(C)C(C)=N.CCN1CCN=C1C. The highest BCUT2D eigenvalue weighted by Gasteiger charge is 2.29. The minimum absolute atomic E-state index is 0.0518. The number of carboxylic acids is 1. The highest BCUT2D eigenvalue weighted by molar-refractivity contribution is 5.82. The molecule has 0 unspecified atom stereocenters. The molecule has 8 heterocycles. The van der Waals surface area contributed by atoms with Crippen molar-refractivity contribution < 1.29 is 32.2 Å². The van der Waals surface area contributed by atoms with Crippen LogP contribution in [0.25, 0.3) is 0 Å². The zero-order valence-electron chi connectivity index (χ0n) is 94.4. The van der Waals surface area contributed by atoms with Crippen molar-refractivity contribution in [2.45, 2.75) is 260 Å². The van der Waals surface area contributed by atoms with Gasteiger partial charge in [-0.25, -0.2) is 10.9 Å². The summed E-state index contributed by atoms with van der Waals surface area (Å²) in [5.41, 5.74) is 6.44.